The van der Waals surface area contributed by atoms with Crippen molar-refractivity contribution in [3.05, 3.63) is 210 Å². The first-order valence-corrected chi connectivity index (χ1v) is 17.6. The number of para-hydroxylation sites is 2. The fraction of sp³-hybridized carbons (Fsp3) is 0.0204. The van der Waals surface area contributed by atoms with Gasteiger partial charge in [0.25, 0.3) is 0 Å². The Kier molecular flexibility index (Phi) is 5.91. The van der Waals surface area contributed by atoms with Crippen LogP contribution in [0.25, 0.3) is 55.3 Å². The molecule has 0 saturated carbocycles. The summed E-state index contributed by atoms with van der Waals surface area (Å²) in [6, 6.07) is 68.3. The molecule has 0 fully saturated rings. The summed E-state index contributed by atoms with van der Waals surface area (Å²) < 4.78 is 6.75. The molecule has 2 aliphatic carbocycles. The highest BCUT2D eigenvalue weighted by Gasteiger charge is 2.52. The van der Waals surface area contributed by atoms with Crippen LogP contribution >= 0.6 is 0 Å². The van der Waals surface area contributed by atoms with Crippen LogP contribution in [0.4, 0.5) is 17.1 Å². The van der Waals surface area contributed by atoms with Crippen molar-refractivity contribution in [2.45, 2.75) is 5.41 Å². The van der Waals surface area contributed by atoms with Crippen LogP contribution in [-0.4, -0.2) is 0 Å². The Morgan fingerprint density at radius 1 is 0.373 bits per heavy atom. The van der Waals surface area contributed by atoms with Gasteiger partial charge < -0.3 is 9.32 Å². The molecule has 1 spiro atoms. The highest BCUT2D eigenvalue weighted by Crippen LogP contribution is 2.64. The second-order valence-corrected chi connectivity index (χ2v) is 13.6. The standard InChI is InChI=1S/C49H31NO/c1-3-14-32(15-4-1)33-16-13-19-35(30-33)50(34-17-5-2-6-18-34)36-26-27-38-37-20-7-10-23-42(37)49(45(38)31-36)43-24-11-8-22-41(43)47-44(49)29-28-40-39-21-9-12-25-46(39)51-48(40)47/h1-31H. The van der Waals surface area contributed by atoms with Gasteiger partial charge in [-0.15, -0.1) is 0 Å². The van der Waals surface area contributed by atoms with Gasteiger partial charge in [-0.25, -0.2) is 0 Å². The predicted molar refractivity (Wildman–Crippen MR) is 210 cm³/mol. The molecule has 0 radical (unpaired) electrons. The third-order valence-corrected chi connectivity index (χ3v) is 11.1. The van der Waals surface area contributed by atoms with Crippen molar-refractivity contribution in [3.63, 3.8) is 0 Å². The Morgan fingerprint density at radius 3 is 1.84 bits per heavy atom. The number of hydrogen-bond acceptors (Lipinski definition) is 2. The Bertz CT molecular complexity index is 2810. The lowest BCUT2D eigenvalue weighted by Crippen LogP contribution is -2.26. The van der Waals surface area contributed by atoms with E-state index in [9.17, 15) is 0 Å². The third-order valence-electron chi connectivity index (χ3n) is 11.1. The molecule has 8 aromatic carbocycles. The van der Waals surface area contributed by atoms with Gasteiger partial charge in [-0.05, 0) is 92.5 Å². The average molecular weight is 650 g/mol. The Hall–Kier alpha value is -6.64. The molecule has 0 aliphatic heterocycles. The van der Waals surface area contributed by atoms with Gasteiger partial charge in [-0.1, -0.05) is 146 Å². The SMILES string of the molecule is c1ccc(-c2cccc(N(c3ccccc3)c3ccc4c(c3)C3(c5ccccc5-4)c4ccccc4-c4c3ccc3c4oc4ccccc43)c2)cc1. The first-order chi connectivity index (χ1) is 25.3. The van der Waals surface area contributed by atoms with Crippen LogP contribution in [0.3, 0.4) is 0 Å². The summed E-state index contributed by atoms with van der Waals surface area (Å²) in [6.07, 6.45) is 0. The summed E-state index contributed by atoms with van der Waals surface area (Å²) >= 11 is 0. The van der Waals surface area contributed by atoms with Crippen LogP contribution in [0.2, 0.25) is 0 Å². The molecule has 1 unspecified atom stereocenters. The van der Waals surface area contributed by atoms with E-state index >= 15 is 0 Å². The van der Waals surface area contributed by atoms with E-state index in [1.54, 1.807) is 0 Å². The molecule has 1 heterocycles. The molecule has 2 aliphatic rings. The summed E-state index contributed by atoms with van der Waals surface area (Å²) in [5.41, 5.74) is 17.3. The van der Waals surface area contributed by atoms with E-state index in [4.69, 9.17) is 4.42 Å². The maximum absolute atomic E-state index is 6.75. The van der Waals surface area contributed by atoms with Crippen LogP contribution in [0.1, 0.15) is 22.3 Å². The summed E-state index contributed by atoms with van der Waals surface area (Å²) in [7, 11) is 0. The molecule has 0 saturated heterocycles. The minimum Gasteiger partial charge on any atom is -0.455 e. The lowest BCUT2D eigenvalue weighted by molar-refractivity contribution is 0.669. The number of fused-ring (bicyclic) bond motifs is 14. The Balaban J connectivity index is 1.20. The second kappa shape index (κ2) is 10.7. The minimum atomic E-state index is -0.505. The van der Waals surface area contributed by atoms with Crippen LogP contribution in [-0.2, 0) is 5.41 Å². The minimum absolute atomic E-state index is 0.505. The smallest absolute Gasteiger partial charge is 0.143 e. The zero-order valence-electron chi connectivity index (χ0n) is 27.8. The van der Waals surface area contributed by atoms with Crippen molar-refractivity contribution >= 4 is 39.0 Å². The van der Waals surface area contributed by atoms with E-state index in [2.05, 4.69) is 193 Å². The van der Waals surface area contributed by atoms with Gasteiger partial charge in [0.1, 0.15) is 11.2 Å². The first kappa shape index (κ1) is 28.2. The quantitative estimate of drug-likeness (QED) is 0.189. The average Bonchev–Trinajstić information content (AvgIpc) is 3.83. The Morgan fingerprint density at radius 2 is 1.00 bits per heavy atom. The zero-order valence-corrected chi connectivity index (χ0v) is 27.8. The summed E-state index contributed by atoms with van der Waals surface area (Å²) in [5, 5.41) is 2.31. The number of benzene rings is 8. The van der Waals surface area contributed by atoms with Crippen molar-refractivity contribution in [2.75, 3.05) is 4.90 Å². The normalized spacial score (nSPS) is 15.1. The largest absolute Gasteiger partial charge is 0.455 e. The lowest BCUT2D eigenvalue weighted by atomic mass is 9.70. The third kappa shape index (κ3) is 3.87. The summed E-state index contributed by atoms with van der Waals surface area (Å²) in [5.74, 6) is 0. The maximum atomic E-state index is 6.75. The molecule has 2 heteroatoms. The van der Waals surface area contributed by atoms with Gasteiger partial charge in [0, 0.05) is 33.4 Å². The van der Waals surface area contributed by atoms with Crippen LogP contribution < -0.4 is 4.90 Å². The molecular formula is C49H31NO. The monoisotopic (exact) mass is 649 g/mol. The highest BCUT2D eigenvalue weighted by atomic mass is 16.3. The van der Waals surface area contributed by atoms with E-state index < -0.39 is 5.41 Å². The number of rotatable bonds is 4. The summed E-state index contributed by atoms with van der Waals surface area (Å²) in [4.78, 5) is 2.40. The number of anilines is 3. The molecule has 0 N–H and O–H groups in total. The highest BCUT2D eigenvalue weighted by molar-refractivity contribution is 6.13. The first-order valence-electron chi connectivity index (χ1n) is 17.6. The van der Waals surface area contributed by atoms with Crippen molar-refractivity contribution in [1.82, 2.24) is 0 Å². The molecule has 1 atom stereocenters. The Labute approximate surface area is 296 Å². The van der Waals surface area contributed by atoms with Crippen molar-refractivity contribution in [2.24, 2.45) is 0 Å². The number of hydrogen-bond donors (Lipinski definition) is 0. The van der Waals surface area contributed by atoms with Crippen molar-refractivity contribution in [1.29, 1.82) is 0 Å². The van der Waals surface area contributed by atoms with Crippen molar-refractivity contribution in [3.8, 4) is 33.4 Å². The molecule has 1 aromatic heterocycles. The van der Waals surface area contributed by atoms with Gasteiger partial charge in [0.05, 0.1) is 5.41 Å². The predicted octanol–water partition coefficient (Wildman–Crippen LogP) is 13.1. The van der Waals surface area contributed by atoms with Gasteiger partial charge in [0.15, 0.2) is 0 Å². The fourth-order valence-electron chi connectivity index (χ4n) is 9.01. The topological polar surface area (TPSA) is 16.4 Å². The molecule has 11 rings (SSSR count). The van der Waals surface area contributed by atoms with Crippen LogP contribution in [0.5, 0.6) is 0 Å². The van der Waals surface area contributed by atoms with E-state index in [1.165, 1.54) is 55.6 Å². The van der Waals surface area contributed by atoms with E-state index in [-0.39, 0.29) is 0 Å². The molecule has 9 aromatic rings. The number of furan rings is 1. The molecule has 238 valence electrons. The molecule has 0 amide bonds. The van der Waals surface area contributed by atoms with Crippen molar-refractivity contribution < 1.29 is 4.42 Å². The fourth-order valence-corrected chi connectivity index (χ4v) is 9.01. The lowest BCUT2D eigenvalue weighted by Gasteiger charge is -2.32. The zero-order chi connectivity index (χ0) is 33.5. The molecule has 0 bridgehead atoms. The summed E-state index contributed by atoms with van der Waals surface area (Å²) in [6.45, 7) is 0. The molecular weight excluding hydrogens is 619 g/mol. The van der Waals surface area contributed by atoms with Crippen LogP contribution in [0, 0.1) is 0 Å². The van der Waals surface area contributed by atoms with E-state index in [0.717, 1.165) is 39.0 Å². The maximum Gasteiger partial charge on any atom is 0.143 e. The van der Waals surface area contributed by atoms with E-state index in [1.807, 2.05) is 0 Å². The van der Waals surface area contributed by atoms with Gasteiger partial charge in [-0.2, -0.15) is 0 Å². The van der Waals surface area contributed by atoms with Gasteiger partial charge in [-0.3, -0.25) is 0 Å². The molecule has 2 nitrogen and oxygen atoms in total. The second-order valence-electron chi connectivity index (χ2n) is 13.6. The van der Waals surface area contributed by atoms with Gasteiger partial charge in [0.2, 0.25) is 0 Å². The van der Waals surface area contributed by atoms with Gasteiger partial charge >= 0.3 is 0 Å². The number of nitrogens with zero attached hydrogens (tertiary/aromatic N) is 1. The van der Waals surface area contributed by atoms with Crippen LogP contribution in [0.15, 0.2) is 192 Å². The molecule has 51 heavy (non-hydrogen) atoms. The van der Waals surface area contributed by atoms with E-state index in [0.29, 0.717) is 0 Å².